The topological polar surface area (TPSA) is 83.6 Å². The third-order valence-corrected chi connectivity index (χ3v) is 3.43. The first kappa shape index (κ1) is 10.4. The van der Waals surface area contributed by atoms with Crippen LogP contribution in [0.4, 0.5) is 0 Å². The maximum atomic E-state index is 11.9. The molecule has 0 bridgehead atoms. The van der Waals surface area contributed by atoms with E-state index in [0.29, 0.717) is 13.1 Å². The molecule has 1 amide bonds. The monoisotopic (exact) mass is 212 g/mol. The van der Waals surface area contributed by atoms with Crippen molar-refractivity contribution in [3.63, 3.8) is 0 Å². The van der Waals surface area contributed by atoms with Crippen LogP contribution >= 0.6 is 0 Å². The zero-order chi connectivity index (χ0) is 11.0. The fourth-order valence-electron chi connectivity index (χ4n) is 2.34. The van der Waals surface area contributed by atoms with Crippen LogP contribution in [-0.4, -0.2) is 41.0 Å². The van der Waals surface area contributed by atoms with E-state index in [9.17, 15) is 9.59 Å². The summed E-state index contributed by atoms with van der Waals surface area (Å²) >= 11 is 0. The number of carbonyl (C=O) groups is 2. The van der Waals surface area contributed by atoms with Crippen LogP contribution in [0.1, 0.15) is 19.3 Å². The van der Waals surface area contributed by atoms with Crippen LogP contribution in [0, 0.1) is 11.8 Å². The third-order valence-electron chi connectivity index (χ3n) is 3.43. The van der Waals surface area contributed by atoms with Crippen LogP contribution in [0.5, 0.6) is 0 Å². The summed E-state index contributed by atoms with van der Waals surface area (Å²) in [7, 11) is 0. The second kappa shape index (κ2) is 3.81. The number of carboxylic acid groups (broad SMARTS) is 1. The molecule has 1 heterocycles. The van der Waals surface area contributed by atoms with Crippen LogP contribution in [0.25, 0.3) is 0 Å². The molecule has 1 aliphatic heterocycles. The smallest absolute Gasteiger partial charge is 0.310 e. The van der Waals surface area contributed by atoms with Gasteiger partial charge in [0.15, 0.2) is 0 Å². The molecule has 2 atom stereocenters. The summed E-state index contributed by atoms with van der Waals surface area (Å²) in [5.41, 5.74) is 5.83. The normalized spacial score (nSPS) is 31.4. The Labute approximate surface area is 88.2 Å². The molecule has 0 aromatic carbocycles. The SMILES string of the molecule is NC1CCCC1C(=O)N1CC(C(=O)O)C1. The Morgan fingerprint density at radius 1 is 1.27 bits per heavy atom. The Morgan fingerprint density at radius 3 is 2.40 bits per heavy atom. The number of hydrogen-bond donors (Lipinski definition) is 2. The molecule has 84 valence electrons. The summed E-state index contributed by atoms with van der Waals surface area (Å²) < 4.78 is 0. The Balaban J connectivity index is 1.86. The van der Waals surface area contributed by atoms with E-state index < -0.39 is 5.97 Å². The van der Waals surface area contributed by atoms with Gasteiger partial charge in [0.1, 0.15) is 0 Å². The van der Waals surface area contributed by atoms with Crippen molar-refractivity contribution in [2.45, 2.75) is 25.3 Å². The molecule has 2 unspecified atom stereocenters. The molecule has 5 nitrogen and oxygen atoms in total. The summed E-state index contributed by atoms with van der Waals surface area (Å²) in [4.78, 5) is 24.1. The molecule has 1 saturated carbocycles. The van der Waals surface area contributed by atoms with Gasteiger partial charge in [-0.2, -0.15) is 0 Å². The standard InChI is InChI=1S/C10H16N2O3/c11-8-3-1-2-7(8)9(13)12-4-6(5-12)10(14)15/h6-8H,1-5,11H2,(H,14,15). The van der Waals surface area contributed by atoms with Gasteiger partial charge in [0, 0.05) is 19.1 Å². The van der Waals surface area contributed by atoms with Crippen LogP contribution in [-0.2, 0) is 9.59 Å². The highest BCUT2D eigenvalue weighted by Crippen LogP contribution is 2.28. The van der Waals surface area contributed by atoms with Gasteiger partial charge in [-0.3, -0.25) is 9.59 Å². The van der Waals surface area contributed by atoms with Gasteiger partial charge in [0.05, 0.1) is 11.8 Å². The van der Waals surface area contributed by atoms with Crippen LogP contribution in [0.2, 0.25) is 0 Å². The average molecular weight is 212 g/mol. The van der Waals surface area contributed by atoms with Crippen molar-refractivity contribution in [2.75, 3.05) is 13.1 Å². The molecule has 1 aliphatic carbocycles. The number of rotatable bonds is 2. The number of nitrogens with zero attached hydrogens (tertiary/aromatic N) is 1. The van der Waals surface area contributed by atoms with Crippen molar-refractivity contribution in [2.24, 2.45) is 17.6 Å². The molecule has 3 N–H and O–H groups in total. The largest absolute Gasteiger partial charge is 0.481 e. The zero-order valence-corrected chi connectivity index (χ0v) is 8.56. The fourth-order valence-corrected chi connectivity index (χ4v) is 2.34. The lowest BCUT2D eigenvalue weighted by atomic mass is 9.95. The van der Waals surface area contributed by atoms with Crippen molar-refractivity contribution in [3.05, 3.63) is 0 Å². The van der Waals surface area contributed by atoms with Crippen LogP contribution in [0.15, 0.2) is 0 Å². The van der Waals surface area contributed by atoms with Crippen molar-refractivity contribution in [3.8, 4) is 0 Å². The maximum Gasteiger partial charge on any atom is 0.310 e. The highest BCUT2D eigenvalue weighted by atomic mass is 16.4. The molecule has 0 aromatic heterocycles. The predicted octanol–water partition coefficient (Wildman–Crippen LogP) is -0.343. The van der Waals surface area contributed by atoms with Gasteiger partial charge < -0.3 is 15.7 Å². The van der Waals surface area contributed by atoms with Gasteiger partial charge in [0.25, 0.3) is 0 Å². The molecule has 0 radical (unpaired) electrons. The molecule has 0 aromatic rings. The van der Waals surface area contributed by atoms with Gasteiger partial charge in [-0.05, 0) is 12.8 Å². The molecular formula is C10H16N2O3. The fraction of sp³-hybridized carbons (Fsp3) is 0.800. The zero-order valence-electron chi connectivity index (χ0n) is 8.56. The summed E-state index contributed by atoms with van der Waals surface area (Å²) in [5.74, 6) is -1.20. The maximum absolute atomic E-state index is 11.9. The van der Waals surface area contributed by atoms with E-state index in [1.165, 1.54) is 0 Å². The number of amides is 1. The van der Waals surface area contributed by atoms with Crippen molar-refractivity contribution in [1.82, 2.24) is 4.90 Å². The summed E-state index contributed by atoms with van der Waals surface area (Å²) in [6.07, 6.45) is 2.77. The molecule has 0 spiro atoms. The van der Waals surface area contributed by atoms with E-state index in [4.69, 9.17) is 10.8 Å². The molecule has 1 saturated heterocycles. The minimum atomic E-state index is -0.810. The second-order valence-corrected chi connectivity index (χ2v) is 4.48. The minimum Gasteiger partial charge on any atom is -0.481 e. The first-order valence-electron chi connectivity index (χ1n) is 5.36. The summed E-state index contributed by atoms with van der Waals surface area (Å²) in [6, 6.07) is -0.0265. The van der Waals surface area contributed by atoms with Gasteiger partial charge in [-0.15, -0.1) is 0 Å². The molecule has 2 aliphatic rings. The van der Waals surface area contributed by atoms with Crippen molar-refractivity contribution < 1.29 is 14.7 Å². The summed E-state index contributed by atoms with van der Waals surface area (Å²) in [6.45, 7) is 0.717. The lowest BCUT2D eigenvalue weighted by molar-refractivity contribution is -0.154. The van der Waals surface area contributed by atoms with Gasteiger partial charge >= 0.3 is 5.97 Å². The Bertz CT molecular complexity index is 286. The molecule has 5 heteroatoms. The van der Waals surface area contributed by atoms with E-state index in [1.54, 1.807) is 4.90 Å². The third kappa shape index (κ3) is 1.84. The van der Waals surface area contributed by atoms with Crippen molar-refractivity contribution in [1.29, 1.82) is 0 Å². The summed E-state index contributed by atoms with van der Waals surface area (Å²) in [5, 5.41) is 8.69. The van der Waals surface area contributed by atoms with Gasteiger partial charge in [-0.1, -0.05) is 6.42 Å². The minimum absolute atomic E-state index is 0.0265. The number of aliphatic carboxylic acids is 1. The van der Waals surface area contributed by atoms with E-state index in [-0.39, 0.29) is 23.8 Å². The number of carbonyl (C=O) groups excluding carboxylic acids is 1. The quantitative estimate of drug-likeness (QED) is 0.655. The Kier molecular flexibility index (Phi) is 2.65. The number of likely N-dealkylation sites (tertiary alicyclic amines) is 1. The molecule has 15 heavy (non-hydrogen) atoms. The lowest BCUT2D eigenvalue weighted by Crippen LogP contribution is -2.56. The molecule has 2 rings (SSSR count). The number of carboxylic acids is 1. The highest BCUT2D eigenvalue weighted by molar-refractivity contribution is 5.83. The molecular weight excluding hydrogens is 196 g/mol. The van der Waals surface area contributed by atoms with Gasteiger partial charge in [-0.25, -0.2) is 0 Å². The lowest BCUT2D eigenvalue weighted by Gasteiger charge is -2.38. The van der Waals surface area contributed by atoms with E-state index in [2.05, 4.69) is 0 Å². The molecule has 2 fully saturated rings. The number of nitrogens with two attached hydrogens (primary N) is 1. The van der Waals surface area contributed by atoms with Crippen LogP contribution in [0.3, 0.4) is 0 Å². The predicted molar refractivity (Wildman–Crippen MR) is 53.0 cm³/mol. The number of hydrogen-bond acceptors (Lipinski definition) is 3. The first-order valence-corrected chi connectivity index (χ1v) is 5.36. The average Bonchev–Trinajstić information content (AvgIpc) is 2.47. The Hall–Kier alpha value is -1.10. The van der Waals surface area contributed by atoms with E-state index >= 15 is 0 Å². The Morgan fingerprint density at radius 2 is 1.93 bits per heavy atom. The van der Waals surface area contributed by atoms with Crippen molar-refractivity contribution >= 4 is 11.9 Å². The van der Waals surface area contributed by atoms with Gasteiger partial charge in [0.2, 0.25) is 5.91 Å². The van der Waals surface area contributed by atoms with E-state index in [1.807, 2.05) is 0 Å². The first-order chi connectivity index (χ1) is 7.09. The second-order valence-electron chi connectivity index (χ2n) is 4.48. The highest BCUT2D eigenvalue weighted by Gasteiger charge is 2.40. The van der Waals surface area contributed by atoms with E-state index in [0.717, 1.165) is 19.3 Å². The van der Waals surface area contributed by atoms with Crippen LogP contribution < -0.4 is 5.73 Å².